The number of nitrogens with one attached hydrogen (secondary N) is 2. The van der Waals surface area contributed by atoms with E-state index in [1.165, 1.54) is 27.7 Å². The number of carboxylic acids is 1. The Labute approximate surface area is 241 Å². The summed E-state index contributed by atoms with van der Waals surface area (Å²) in [5, 5.41) is 32.0. The summed E-state index contributed by atoms with van der Waals surface area (Å²) >= 11 is 1.45. The molecule has 4 aliphatic rings. The molecule has 1 aromatic rings. The summed E-state index contributed by atoms with van der Waals surface area (Å²) in [5.41, 5.74) is 6.09. The molecule has 3 saturated heterocycles. The number of hydrogen-bond donors (Lipinski definition) is 4. The largest absolute Gasteiger partial charge is 0.477 e. The molecule has 5 heterocycles. The van der Waals surface area contributed by atoms with Crippen molar-refractivity contribution in [2.45, 2.75) is 63.4 Å². The summed E-state index contributed by atoms with van der Waals surface area (Å²) in [5.74, 6) is -2.10. The molecule has 5 rings (SSSR count). The van der Waals surface area contributed by atoms with Gasteiger partial charge >= 0.3 is 5.97 Å². The number of nitrogens with zero attached hydrogens (tertiary/aromatic N) is 6. The Kier molecular flexibility index (Phi) is 8.57. The minimum absolute atomic E-state index is 0.0119. The number of fused-ring (bicyclic) bond motifs is 1. The lowest BCUT2D eigenvalue weighted by atomic mass is 9.73. The molecule has 0 unspecified atom stereocenters. The summed E-state index contributed by atoms with van der Waals surface area (Å²) in [4.78, 5) is 55.2. The lowest BCUT2D eigenvalue weighted by molar-refractivity contribution is -0.160. The summed E-state index contributed by atoms with van der Waals surface area (Å²) < 4.78 is 1.34. The van der Waals surface area contributed by atoms with Crippen LogP contribution < -0.4 is 11.1 Å². The maximum absolute atomic E-state index is 13.2. The predicted molar refractivity (Wildman–Crippen MR) is 148 cm³/mol. The molecule has 0 saturated carbocycles. The van der Waals surface area contributed by atoms with Gasteiger partial charge in [0, 0.05) is 54.4 Å². The van der Waals surface area contributed by atoms with Crippen molar-refractivity contribution in [1.29, 1.82) is 5.41 Å². The number of thioether (sulfide) groups is 1. The van der Waals surface area contributed by atoms with E-state index in [-0.39, 0.29) is 77.9 Å². The van der Waals surface area contributed by atoms with Crippen LogP contribution in [0.5, 0.6) is 0 Å². The van der Waals surface area contributed by atoms with Gasteiger partial charge in [-0.25, -0.2) is 9.48 Å². The van der Waals surface area contributed by atoms with E-state index in [0.717, 1.165) is 6.42 Å². The van der Waals surface area contributed by atoms with E-state index < -0.39 is 11.9 Å². The highest BCUT2D eigenvalue weighted by Crippen LogP contribution is 2.53. The van der Waals surface area contributed by atoms with E-state index in [4.69, 9.17) is 11.1 Å². The topological polar surface area (TPSA) is 200 Å². The number of amides is 2. The Morgan fingerprint density at radius 2 is 2.12 bits per heavy atom. The van der Waals surface area contributed by atoms with Crippen LogP contribution in [-0.2, 0) is 25.7 Å². The quantitative estimate of drug-likeness (QED) is 0.185. The number of tetrazole rings is 1. The average molecular weight is 588 g/mol. The van der Waals surface area contributed by atoms with Crippen LogP contribution in [0.3, 0.4) is 0 Å². The van der Waals surface area contributed by atoms with Crippen molar-refractivity contribution >= 4 is 41.0 Å². The molecule has 14 nitrogen and oxygen atoms in total. The number of hydrogen-bond acceptors (Lipinski definition) is 11. The first-order chi connectivity index (χ1) is 19.6. The van der Waals surface area contributed by atoms with E-state index in [2.05, 4.69) is 20.8 Å². The van der Waals surface area contributed by atoms with Crippen LogP contribution in [0.1, 0.15) is 39.5 Å². The van der Waals surface area contributed by atoms with Crippen molar-refractivity contribution < 1.29 is 24.3 Å². The second kappa shape index (κ2) is 12.0. The van der Waals surface area contributed by atoms with Gasteiger partial charge in [-0.2, -0.15) is 0 Å². The van der Waals surface area contributed by atoms with Crippen LogP contribution in [-0.4, -0.2) is 108 Å². The zero-order chi connectivity index (χ0) is 29.4. The van der Waals surface area contributed by atoms with Crippen molar-refractivity contribution in [2.24, 2.45) is 29.4 Å². The normalized spacial score (nSPS) is 30.0. The fourth-order valence-corrected chi connectivity index (χ4v) is 8.24. The molecule has 41 heavy (non-hydrogen) atoms. The number of Topliss-reactive ketones (excluding diaryl/α,β-unsaturated/α-hetero) is 1. The van der Waals surface area contributed by atoms with Crippen LogP contribution in [0, 0.1) is 29.1 Å². The van der Waals surface area contributed by atoms with Gasteiger partial charge in [0.15, 0.2) is 5.78 Å². The number of carbonyl (C=O) groups is 4. The lowest BCUT2D eigenvalue weighted by Gasteiger charge is -2.47. The third-order valence-electron chi connectivity index (χ3n) is 8.75. The minimum atomic E-state index is -1.14. The zero-order valence-electron chi connectivity index (χ0n) is 23.2. The first kappa shape index (κ1) is 29.3. The van der Waals surface area contributed by atoms with E-state index in [0.29, 0.717) is 43.1 Å². The van der Waals surface area contributed by atoms with Crippen molar-refractivity contribution in [1.82, 2.24) is 35.3 Å². The van der Waals surface area contributed by atoms with Crippen molar-refractivity contribution in [3.63, 3.8) is 0 Å². The zero-order valence-corrected chi connectivity index (χ0v) is 24.0. The number of ketones is 1. The number of aromatic nitrogens is 4. The van der Waals surface area contributed by atoms with Crippen LogP contribution in [0.2, 0.25) is 0 Å². The van der Waals surface area contributed by atoms with Crippen molar-refractivity contribution in [3.05, 3.63) is 16.9 Å². The number of aliphatic carboxylic acids is 1. The standard InChI is InChI=1S/C26H37N9O5S/c1-13(5-17(36)11-34-12-30-31-32-34)20-21-14(2)23(22(26(39)40)35(21)25(20)38)41-18-7-19(29-9-18)24(37)33-4-3-15(10-33)6-16(28)8-27/h12-15,18-21,28-29H,3-11,27H2,1-2H3,(H,39,40)/t13-,14+,15-,18-,19-,20+,21+/m0/s1. The smallest absolute Gasteiger partial charge is 0.353 e. The Morgan fingerprint density at radius 3 is 2.80 bits per heavy atom. The number of β-lactam (4-membered cyclic amide) rings is 1. The second-order valence-electron chi connectivity index (χ2n) is 11.6. The number of nitrogens with two attached hydrogens (primary N) is 1. The number of likely N-dealkylation sites (tertiary alicyclic amines) is 1. The van der Waals surface area contributed by atoms with Gasteiger partial charge in [0.1, 0.15) is 18.6 Å². The minimum Gasteiger partial charge on any atom is -0.477 e. The monoisotopic (exact) mass is 587 g/mol. The molecule has 4 aliphatic heterocycles. The summed E-state index contributed by atoms with van der Waals surface area (Å²) in [6, 6.07) is -0.657. The SMILES string of the molecule is C[C@@H](CC(=O)Cn1cnnn1)[C@H]1C(=O)N2C(C(=O)O)=C(S[C@@H]3CN[C@H](C(=O)N4CC[C@@H](CC(=N)CN)C4)C3)[C@H](C)[C@H]12. The highest BCUT2D eigenvalue weighted by Gasteiger charge is 2.60. The first-order valence-electron chi connectivity index (χ1n) is 14.1. The fourth-order valence-electron chi connectivity index (χ4n) is 6.76. The van der Waals surface area contributed by atoms with Gasteiger partial charge in [0.05, 0.1) is 18.0 Å². The van der Waals surface area contributed by atoms with Gasteiger partial charge in [-0.1, -0.05) is 13.8 Å². The van der Waals surface area contributed by atoms with Crippen LogP contribution in [0.25, 0.3) is 0 Å². The molecule has 0 bridgehead atoms. The first-order valence-corrected chi connectivity index (χ1v) is 14.9. The van der Waals surface area contributed by atoms with E-state index in [1.807, 2.05) is 18.7 Å². The molecule has 0 aromatic carbocycles. The molecule has 5 N–H and O–H groups in total. The molecule has 7 atom stereocenters. The second-order valence-corrected chi connectivity index (χ2v) is 13.0. The summed E-state index contributed by atoms with van der Waals surface area (Å²) in [6.07, 6.45) is 3.57. The fraction of sp³-hybridized carbons (Fsp3) is 0.692. The molecule has 3 fully saturated rings. The van der Waals surface area contributed by atoms with Crippen LogP contribution >= 0.6 is 11.8 Å². The number of carbonyl (C=O) groups excluding carboxylic acids is 3. The van der Waals surface area contributed by atoms with Gasteiger partial charge < -0.3 is 31.4 Å². The van der Waals surface area contributed by atoms with Gasteiger partial charge in [0.25, 0.3) is 0 Å². The molecule has 0 radical (unpaired) electrons. The lowest BCUT2D eigenvalue weighted by Crippen LogP contribution is -2.62. The highest BCUT2D eigenvalue weighted by molar-refractivity contribution is 8.03. The van der Waals surface area contributed by atoms with Gasteiger partial charge in [-0.3, -0.25) is 14.4 Å². The molecule has 1 aromatic heterocycles. The Hall–Kier alpha value is -3.17. The molecular formula is C26H37N9O5S. The van der Waals surface area contributed by atoms with E-state index >= 15 is 0 Å². The van der Waals surface area contributed by atoms with Crippen LogP contribution in [0.15, 0.2) is 16.9 Å². The van der Waals surface area contributed by atoms with Gasteiger partial charge in [-0.05, 0) is 41.5 Å². The molecule has 0 spiro atoms. The molecule has 222 valence electrons. The van der Waals surface area contributed by atoms with Crippen molar-refractivity contribution in [3.8, 4) is 0 Å². The maximum Gasteiger partial charge on any atom is 0.353 e. The number of rotatable bonds is 12. The van der Waals surface area contributed by atoms with E-state index in [9.17, 15) is 24.3 Å². The number of carboxylic acid groups (broad SMARTS) is 1. The Bertz CT molecular complexity index is 1250. The summed E-state index contributed by atoms with van der Waals surface area (Å²) in [6.45, 7) is 5.91. The maximum atomic E-state index is 13.2. The molecule has 15 heteroatoms. The van der Waals surface area contributed by atoms with Gasteiger partial charge in [0.2, 0.25) is 11.8 Å². The average Bonchev–Trinajstić information content (AvgIpc) is 3.72. The third-order valence-corrected chi connectivity index (χ3v) is 10.3. The van der Waals surface area contributed by atoms with Crippen molar-refractivity contribution in [2.75, 3.05) is 26.2 Å². The highest BCUT2D eigenvalue weighted by atomic mass is 32.2. The predicted octanol–water partition coefficient (Wildman–Crippen LogP) is -0.278. The van der Waals surface area contributed by atoms with Crippen LogP contribution in [0.4, 0.5) is 0 Å². The summed E-state index contributed by atoms with van der Waals surface area (Å²) in [7, 11) is 0. The molecule has 2 amide bonds. The Balaban J connectivity index is 1.19. The molecule has 0 aliphatic carbocycles. The Morgan fingerprint density at radius 1 is 1.34 bits per heavy atom. The van der Waals surface area contributed by atoms with Gasteiger partial charge in [-0.15, -0.1) is 16.9 Å². The third kappa shape index (κ3) is 5.79. The molecular weight excluding hydrogens is 550 g/mol. The van der Waals surface area contributed by atoms with E-state index in [1.54, 1.807) is 0 Å².